The van der Waals surface area contributed by atoms with Crippen LogP contribution in [0.5, 0.6) is 0 Å². The molecule has 90 valence electrons. The summed E-state index contributed by atoms with van der Waals surface area (Å²) in [6, 6.07) is -0.390. The Morgan fingerprint density at radius 2 is 2.38 bits per heavy atom. The molecule has 0 aromatic heterocycles. The first-order valence-corrected chi connectivity index (χ1v) is 5.45. The molecule has 0 bridgehead atoms. The largest absolute Gasteiger partial charge is 0.376 e. The molecule has 0 aromatic rings. The number of aliphatic imine (C=N–C) groups is 2. The second-order valence-electron chi connectivity index (χ2n) is 3.86. The number of aliphatic hydroxyl groups excluding tert-OH is 1. The summed E-state index contributed by atoms with van der Waals surface area (Å²) >= 11 is 0. The van der Waals surface area contributed by atoms with Gasteiger partial charge in [-0.1, -0.05) is 6.92 Å². The smallest absolute Gasteiger partial charge is 0.145 e. The van der Waals surface area contributed by atoms with Crippen LogP contribution in [0.2, 0.25) is 0 Å². The van der Waals surface area contributed by atoms with Crippen molar-refractivity contribution in [3.05, 3.63) is 11.8 Å². The van der Waals surface area contributed by atoms with Gasteiger partial charge in [-0.3, -0.25) is 15.3 Å². The maximum Gasteiger partial charge on any atom is 0.145 e. The quantitative estimate of drug-likeness (QED) is 0.464. The zero-order valence-corrected chi connectivity index (χ0v) is 10.1. The zero-order chi connectivity index (χ0) is 12.1. The molecule has 16 heavy (non-hydrogen) atoms. The molecule has 0 saturated carbocycles. The summed E-state index contributed by atoms with van der Waals surface area (Å²) in [6.07, 6.45) is 0.968. The number of hydrogen-bond donors (Lipinski definition) is 3. The topological polar surface area (TPSA) is 69.0 Å². The molecule has 0 aromatic carbocycles. The summed E-state index contributed by atoms with van der Waals surface area (Å²) in [4.78, 5) is 8.34. The number of nitrogens with one attached hydrogen (secondary N) is 2. The average molecular weight is 224 g/mol. The van der Waals surface area contributed by atoms with Gasteiger partial charge in [0, 0.05) is 11.4 Å². The SMILES string of the molecule is C=NC(C(O)NCC)C1N=C(C)C=C(C)N1. The van der Waals surface area contributed by atoms with E-state index in [0.29, 0.717) is 6.54 Å². The van der Waals surface area contributed by atoms with Crippen LogP contribution in [0.4, 0.5) is 0 Å². The third kappa shape index (κ3) is 3.15. The van der Waals surface area contributed by atoms with Crippen molar-refractivity contribution in [2.75, 3.05) is 6.54 Å². The predicted molar refractivity (Wildman–Crippen MR) is 66.8 cm³/mol. The summed E-state index contributed by atoms with van der Waals surface area (Å²) in [6.45, 7) is 10.0. The van der Waals surface area contributed by atoms with Crippen molar-refractivity contribution >= 4 is 12.4 Å². The Balaban J connectivity index is 2.75. The third-order valence-electron chi connectivity index (χ3n) is 2.41. The van der Waals surface area contributed by atoms with E-state index in [2.05, 4.69) is 27.3 Å². The Labute approximate surface area is 96.4 Å². The summed E-state index contributed by atoms with van der Waals surface area (Å²) in [5.41, 5.74) is 1.95. The molecule has 1 rings (SSSR count). The van der Waals surface area contributed by atoms with Gasteiger partial charge in [0.15, 0.2) is 0 Å². The maximum atomic E-state index is 9.86. The number of hydrogen-bond acceptors (Lipinski definition) is 5. The van der Waals surface area contributed by atoms with Gasteiger partial charge < -0.3 is 10.4 Å². The van der Waals surface area contributed by atoms with Crippen LogP contribution < -0.4 is 10.6 Å². The van der Waals surface area contributed by atoms with E-state index < -0.39 is 12.3 Å². The van der Waals surface area contributed by atoms with E-state index in [1.165, 1.54) is 0 Å². The van der Waals surface area contributed by atoms with Crippen LogP contribution >= 0.6 is 0 Å². The van der Waals surface area contributed by atoms with Crippen LogP contribution in [0.25, 0.3) is 0 Å². The molecule has 3 N–H and O–H groups in total. The lowest BCUT2D eigenvalue weighted by molar-refractivity contribution is 0.0987. The Morgan fingerprint density at radius 1 is 1.69 bits per heavy atom. The van der Waals surface area contributed by atoms with Gasteiger partial charge in [-0.25, -0.2) is 0 Å². The van der Waals surface area contributed by atoms with E-state index in [0.717, 1.165) is 11.4 Å². The minimum atomic E-state index is -0.734. The Morgan fingerprint density at radius 3 is 2.88 bits per heavy atom. The molecule has 0 fully saturated rings. The number of allylic oxidation sites excluding steroid dienone is 2. The normalized spacial score (nSPS) is 23.9. The highest BCUT2D eigenvalue weighted by molar-refractivity contribution is 5.94. The predicted octanol–water partition coefficient (Wildman–Crippen LogP) is 0.277. The van der Waals surface area contributed by atoms with E-state index in [1.807, 2.05) is 26.8 Å². The van der Waals surface area contributed by atoms with Gasteiger partial charge in [-0.2, -0.15) is 0 Å². The summed E-state index contributed by atoms with van der Waals surface area (Å²) in [5.74, 6) is 0. The Bertz CT molecular complexity index is 311. The second-order valence-corrected chi connectivity index (χ2v) is 3.86. The van der Waals surface area contributed by atoms with Crippen LogP contribution in [0.3, 0.4) is 0 Å². The van der Waals surface area contributed by atoms with Crippen LogP contribution in [0.1, 0.15) is 20.8 Å². The van der Waals surface area contributed by atoms with E-state index in [-0.39, 0.29) is 6.17 Å². The van der Waals surface area contributed by atoms with Gasteiger partial charge in [-0.15, -0.1) is 0 Å². The lowest BCUT2D eigenvalue weighted by Crippen LogP contribution is -2.50. The van der Waals surface area contributed by atoms with E-state index >= 15 is 0 Å². The molecule has 0 amide bonds. The lowest BCUT2D eigenvalue weighted by atomic mass is 10.1. The molecule has 0 saturated heterocycles. The fourth-order valence-electron chi connectivity index (χ4n) is 1.74. The van der Waals surface area contributed by atoms with Crippen molar-refractivity contribution in [3.63, 3.8) is 0 Å². The Hall–Kier alpha value is -1.20. The number of aliphatic hydroxyl groups is 1. The van der Waals surface area contributed by atoms with Crippen LogP contribution in [-0.2, 0) is 0 Å². The van der Waals surface area contributed by atoms with Crippen molar-refractivity contribution in [2.24, 2.45) is 9.98 Å². The molecular formula is C11H20N4O. The fourth-order valence-corrected chi connectivity index (χ4v) is 1.74. The summed E-state index contributed by atoms with van der Waals surface area (Å²) in [7, 11) is 0. The van der Waals surface area contributed by atoms with Crippen molar-refractivity contribution in [2.45, 2.75) is 39.2 Å². The van der Waals surface area contributed by atoms with Crippen molar-refractivity contribution in [1.82, 2.24) is 10.6 Å². The molecule has 3 unspecified atom stereocenters. The molecule has 0 spiro atoms. The molecule has 1 aliphatic heterocycles. The molecule has 0 aliphatic carbocycles. The van der Waals surface area contributed by atoms with Gasteiger partial charge in [-0.05, 0) is 33.2 Å². The van der Waals surface area contributed by atoms with Crippen molar-refractivity contribution in [3.8, 4) is 0 Å². The zero-order valence-electron chi connectivity index (χ0n) is 10.1. The minimum Gasteiger partial charge on any atom is -0.376 e. The first-order chi connectivity index (χ1) is 7.58. The average Bonchev–Trinajstić information content (AvgIpc) is 2.17. The highest BCUT2D eigenvalue weighted by atomic mass is 16.3. The fraction of sp³-hybridized carbons (Fsp3) is 0.636. The molecular weight excluding hydrogens is 204 g/mol. The summed E-state index contributed by atoms with van der Waals surface area (Å²) in [5, 5.41) is 16.0. The highest BCUT2D eigenvalue weighted by Crippen LogP contribution is 2.11. The lowest BCUT2D eigenvalue weighted by Gasteiger charge is -2.29. The van der Waals surface area contributed by atoms with E-state index in [1.54, 1.807) is 0 Å². The first-order valence-electron chi connectivity index (χ1n) is 5.45. The van der Waals surface area contributed by atoms with E-state index in [9.17, 15) is 5.11 Å². The summed E-state index contributed by atoms with van der Waals surface area (Å²) < 4.78 is 0. The standard InChI is InChI=1S/C11H20N4O/c1-5-13-11(16)9(12-4)10-14-7(2)6-8(3)15-10/h6,9-11,13-14,16H,4-5H2,1-3H3. The van der Waals surface area contributed by atoms with Gasteiger partial charge in [0.05, 0.1) is 0 Å². The van der Waals surface area contributed by atoms with E-state index in [4.69, 9.17) is 0 Å². The van der Waals surface area contributed by atoms with Crippen LogP contribution in [0, 0.1) is 0 Å². The molecule has 5 heteroatoms. The number of nitrogens with zero attached hydrogens (tertiary/aromatic N) is 2. The van der Waals surface area contributed by atoms with Crippen LogP contribution in [-0.4, -0.2) is 42.5 Å². The molecule has 0 radical (unpaired) electrons. The molecule has 1 heterocycles. The van der Waals surface area contributed by atoms with Crippen molar-refractivity contribution in [1.29, 1.82) is 0 Å². The van der Waals surface area contributed by atoms with Crippen molar-refractivity contribution < 1.29 is 5.11 Å². The number of rotatable bonds is 5. The van der Waals surface area contributed by atoms with Crippen LogP contribution in [0.15, 0.2) is 21.8 Å². The van der Waals surface area contributed by atoms with Gasteiger partial charge >= 0.3 is 0 Å². The molecule has 1 aliphatic rings. The highest BCUT2D eigenvalue weighted by Gasteiger charge is 2.27. The maximum absolute atomic E-state index is 9.86. The minimum absolute atomic E-state index is 0.253. The monoisotopic (exact) mass is 224 g/mol. The van der Waals surface area contributed by atoms with Gasteiger partial charge in [0.1, 0.15) is 18.4 Å². The van der Waals surface area contributed by atoms with Gasteiger partial charge in [0.2, 0.25) is 0 Å². The number of likely N-dealkylation sites (N-methyl/N-ethyl adjacent to an activating group) is 1. The Kier molecular flexibility index (Phi) is 4.64. The second kappa shape index (κ2) is 5.77. The van der Waals surface area contributed by atoms with Gasteiger partial charge in [0.25, 0.3) is 0 Å². The molecule has 5 nitrogen and oxygen atoms in total. The molecule has 3 atom stereocenters. The first kappa shape index (κ1) is 12.9. The third-order valence-corrected chi connectivity index (χ3v) is 2.41.